The summed E-state index contributed by atoms with van der Waals surface area (Å²) >= 11 is 5.86. The molecule has 0 amide bonds. The fourth-order valence-corrected chi connectivity index (χ4v) is 2.22. The summed E-state index contributed by atoms with van der Waals surface area (Å²) in [5.74, 6) is 0.290. The minimum atomic E-state index is 0.0710. The van der Waals surface area contributed by atoms with Crippen molar-refractivity contribution in [1.29, 1.82) is 0 Å². The quantitative estimate of drug-likeness (QED) is 0.798. The van der Waals surface area contributed by atoms with E-state index in [0.717, 1.165) is 19.6 Å². The first-order valence-corrected chi connectivity index (χ1v) is 6.81. The van der Waals surface area contributed by atoms with Crippen molar-refractivity contribution in [3.05, 3.63) is 17.9 Å². The van der Waals surface area contributed by atoms with Crippen LogP contribution in [0.15, 0.2) is 12.7 Å². The molecule has 1 saturated heterocycles. The van der Waals surface area contributed by atoms with Gasteiger partial charge in [0.05, 0.1) is 0 Å². The summed E-state index contributed by atoms with van der Waals surface area (Å²) in [6.07, 6.45) is 5.40. The molecule has 0 aromatic carbocycles. The molecule has 0 atom stereocenters. The topological polar surface area (TPSA) is 81.9 Å². The van der Waals surface area contributed by atoms with E-state index in [2.05, 4.69) is 29.9 Å². The minimum Gasteiger partial charge on any atom is -0.462 e. The highest BCUT2D eigenvalue weighted by Gasteiger charge is 2.12. The summed E-state index contributed by atoms with van der Waals surface area (Å²) < 4.78 is 6.94. The van der Waals surface area contributed by atoms with E-state index in [9.17, 15) is 0 Å². The van der Waals surface area contributed by atoms with Gasteiger partial charge in [-0.1, -0.05) is 0 Å². The molecule has 1 aliphatic heterocycles. The molecule has 0 spiro atoms. The molecule has 0 radical (unpaired) electrons. The number of hydrogen-bond donors (Lipinski definition) is 0. The first-order chi connectivity index (χ1) is 9.81. The lowest BCUT2D eigenvalue weighted by molar-refractivity contribution is 0.224. The van der Waals surface area contributed by atoms with Crippen molar-refractivity contribution in [2.24, 2.45) is 0 Å². The molecule has 2 aromatic heterocycles. The fourth-order valence-electron chi connectivity index (χ4n) is 2.07. The van der Waals surface area contributed by atoms with Crippen LogP contribution in [-0.2, 0) is 0 Å². The molecule has 8 nitrogen and oxygen atoms in total. The van der Waals surface area contributed by atoms with Crippen molar-refractivity contribution in [3.8, 4) is 12.0 Å². The first-order valence-electron chi connectivity index (χ1n) is 6.43. The van der Waals surface area contributed by atoms with E-state index in [4.69, 9.17) is 16.3 Å². The van der Waals surface area contributed by atoms with E-state index in [-0.39, 0.29) is 11.3 Å². The van der Waals surface area contributed by atoms with E-state index in [1.54, 1.807) is 0 Å². The van der Waals surface area contributed by atoms with Gasteiger partial charge in [0.2, 0.25) is 5.28 Å². The van der Waals surface area contributed by atoms with Gasteiger partial charge in [0, 0.05) is 6.54 Å². The highest BCUT2D eigenvalue weighted by atomic mass is 35.5. The number of hydrogen-bond acceptors (Lipinski definition) is 7. The molecule has 3 heterocycles. The number of ether oxygens (including phenoxy) is 1. The Balaban J connectivity index is 1.63. The Morgan fingerprint density at radius 1 is 1.20 bits per heavy atom. The molecule has 0 saturated carbocycles. The maximum absolute atomic E-state index is 5.86. The molecular formula is C11H14ClN7O. The average Bonchev–Trinajstić information content (AvgIpc) is 3.11. The summed E-state index contributed by atoms with van der Waals surface area (Å²) in [5.41, 5.74) is 0. The van der Waals surface area contributed by atoms with Crippen LogP contribution in [0.2, 0.25) is 5.28 Å². The lowest BCUT2D eigenvalue weighted by Gasteiger charge is -2.14. The third-order valence-corrected chi connectivity index (χ3v) is 3.21. The summed E-state index contributed by atoms with van der Waals surface area (Å²) in [6, 6.07) is 0.203. The maximum atomic E-state index is 5.86. The molecule has 20 heavy (non-hydrogen) atoms. The number of halogens is 1. The third-order valence-electron chi connectivity index (χ3n) is 3.04. The van der Waals surface area contributed by atoms with E-state index in [1.807, 2.05) is 0 Å². The monoisotopic (exact) mass is 295 g/mol. The highest BCUT2D eigenvalue weighted by molar-refractivity contribution is 6.28. The Kier molecular flexibility index (Phi) is 4.03. The average molecular weight is 296 g/mol. The van der Waals surface area contributed by atoms with Gasteiger partial charge in [-0.25, -0.2) is 4.98 Å². The Hall–Kier alpha value is -1.80. The van der Waals surface area contributed by atoms with Gasteiger partial charge >= 0.3 is 6.01 Å². The van der Waals surface area contributed by atoms with Crippen molar-refractivity contribution in [3.63, 3.8) is 0 Å². The summed E-state index contributed by atoms with van der Waals surface area (Å²) in [7, 11) is 0. The van der Waals surface area contributed by atoms with Crippen LogP contribution in [0.1, 0.15) is 12.8 Å². The molecule has 0 aliphatic carbocycles. The fraction of sp³-hybridized carbons (Fsp3) is 0.545. The molecule has 0 unspecified atom stereocenters. The van der Waals surface area contributed by atoms with Crippen molar-refractivity contribution < 1.29 is 4.74 Å². The second kappa shape index (κ2) is 6.10. The van der Waals surface area contributed by atoms with Crippen LogP contribution in [0, 0.1) is 0 Å². The Bertz CT molecular complexity index is 556. The zero-order valence-electron chi connectivity index (χ0n) is 10.8. The Morgan fingerprint density at radius 3 is 2.80 bits per heavy atom. The molecule has 3 rings (SSSR count). The van der Waals surface area contributed by atoms with E-state index >= 15 is 0 Å². The Labute approximate surface area is 120 Å². The molecule has 0 N–H and O–H groups in total. The lowest BCUT2D eigenvalue weighted by Crippen LogP contribution is -2.25. The third kappa shape index (κ3) is 3.20. The zero-order chi connectivity index (χ0) is 13.8. The van der Waals surface area contributed by atoms with Crippen molar-refractivity contribution in [2.75, 3.05) is 26.2 Å². The predicted octanol–water partition coefficient (Wildman–Crippen LogP) is 0.580. The molecule has 1 fully saturated rings. The summed E-state index contributed by atoms with van der Waals surface area (Å²) in [6.45, 7) is 3.65. The summed E-state index contributed by atoms with van der Waals surface area (Å²) in [4.78, 5) is 18.3. The largest absolute Gasteiger partial charge is 0.462 e. The number of rotatable bonds is 5. The lowest BCUT2D eigenvalue weighted by atomic mass is 10.4. The number of nitrogens with zero attached hydrogens (tertiary/aromatic N) is 7. The van der Waals surface area contributed by atoms with Gasteiger partial charge in [0.25, 0.3) is 5.95 Å². The predicted molar refractivity (Wildman–Crippen MR) is 70.9 cm³/mol. The van der Waals surface area contributed by atoms with Crippen LogP contribution < -0.4 is 4.74 Å². The van der Waals surface area contributed by atoms with Gasteiger partial charge in [0.15, 0.2) is 0 Å². The zero-order valence-corrected chi connectivity index (χ0v) is 11.6. The van der Waals surface area contributed by atoms with Crippen LogP contribution >= 0.6 is 11.6 Å². The van der Waals surface area contributed by atoms with Crippen LogP contribution in [0.3, 0.4) is 0 Å². The molecule has 9 heteroatoms. The Morgan fingerprint density at radius 2 is 2.05 bits per heavy atom. The van der Waals surface area contributed by atoms with Gasteiger partial charge in [0.1, 0.15) is 19.3 Å². The van der Waals surface area contributed by atoms with Gasteiger partial charge in [-0.05, 0) is 37.5 Å². The van der Waals surface area contributed by atoms with E-state index < -0.39 is 0 Å². The number of likely N-dealkylation sites (tertiary alicyclic amines) is 1. The molecule has 0 bridgehead atoms. The van der Waals surface area contributed by atoms with Gasteiger partial charge in [-0.2, -0.15) is 24.7 Å². The van der Waals surface area contributed by atoms with Gasteiger partial charge in [-0.3, -0.25) is 4.90 Å². The summed E-state index contributed by atoms with van der Waals surface area (Å²) in [5, 5.41) is 4.01. The standard InChI is InChI=1S/C11H14ClN7O/c12-9-15-10(19-8-13-7-14-19)17-11(16-9)20-6-5-18-3-1-2-4-18/h7-8H,1-6H2. The van der Waals surface area contributed by atoms with Crippen LogP contribution in [0.4, 0.5) is 0 Å². The molecule has 106 valence electrons. The van der Waals surface area contributed by atoms with Crippen molar-refractivity contribution in [2.45, 2.75) is 12.8 Å². The first kappa shape index (κ1) is 13.2. The van der Waals surface area contributed by atoms with Crippen molar-refractivity contribution >= 4 is 11.6 Å². The second-order valence-electron chi connectivity index (χ2n) is 4.42. The van der Waals surface area contributed by atoms with E-state index in [1.165, 1.54) is 30.2 Å². The molecule has 1 aliphatic rings. The van der Waals surface area contributed by atoms with Crippen LogP contribution in [0.5, 0.6) is 6.01 Å². The van der Waals surface area contributed by atoms with Gasteiger partial charge < -0.3 is 4.74 Å². The van der Waals surface area contributed by atoms with Gasteiger partial charge in [-0.15, -0.1) is 0 Å². The van der Waals surface area contributed by atoms with Crippen LogP contribution in [-0.4, -0.2) is 60.9 Å². The maximum Gasteiger partial charge on any atom is 0.322 e. The SMILES string of the molecule is Clc1nc(OCCN2CCCC2)nc(-n2cncn2)n1. The van der Waals surface area contributed by atoms with Crippen LogP contribution in [0.25, 0.3) is 5.95 Å². The normalized spacial score (nSPS) is 15.7. The molecular weight excluding hydrogens is 282 g/mol. The minimum absolute atomic E-state index is 0.0710. The number of aromatic nitrogens is 6. The van der Waals surface area contributed by atoms with Crippen molar-refractivity contribution in [1.82, 2.24) is 34.6 Å². The highest BCUT2D eigenvalue weighted by Crippen LogP contribution is 2.11. The smallest absolute Gasteiger partial charge is 0.322 e. The molecule has 2 aromatic rings. The second-order valence-corrected chi connectivity index (χ2v) is 4.76. The van der Waals surface area contributed by atoms with E-state index in [0.29, 0.717) is 12.6 Å².